The Kier molecular flexibility index (Phi) is 4.12. The number of carboxylic acids is 1. The molecule has 88 valence electrons. The van der Waals surface area contributed by atoms with Gasteiger partial charge in [-0.1, -0.05) is 17.7 Å². The van der Waals surface area contributed by atoms with Crippen molar-refractivity contribution in [2.45, 2.75) is 26.1 Å². The molecule has 1 N–H and O–H groups in total. The molecule has 0 spiro atoms. The van der Waals surface area contributed by atoms with Gasteiger partial charge >= 0.3 is 5.97 Å². The zero-order chi connectivity index (χ0) is 12.3. The molecule has 0 aliphatic carbocycles. The molecule has 1 rings (SSSR count). The minimum atomic E-state index is -2.06. The van der Waals surface area contributed by atoms with Crippen LogP contribution in [0.15, 0.2) is 18.2 Å². The third-order valence-corrected chi connectivity index (χ3v) is 2.12. The van der Waals surface area contributed by atoms with Crippen molar-refractivity contribution in [3.63, 3.8) is 0 Å². The zero-order valence-electron chi connectivity index (χ0n) is 8.91. The lowest BCUT2D eigenvalue weighted by Gasteiger charge is -2.12. The largest absolute Gasteiger partial charge is 0.489 e. The molecule has 1 atom stereocenters. The summed E-state index contributed by atoms with van der Waals surface area (Å²) in [6, 6.07) is 4.08. The van der Waals surface area contributed by atoms with E-state index in [0.29, 0.717) is 5.75 Å². The van der Waals surface area contributed by atoms with Gasteiger partial charge in [-0.05, 0) is 31.5 Å². The lowest BCUT2D eigenvalue weighted by atomic mass is 10.1. The van der Waals surface area contributed by atoms with Crippen LogP contribution >= 0.6 is 11.6 Å². The van der Waals surface area contributed by atoms with E-state index in [0.717, 1.165) is 0 Å². The number of ether oxygens (including phenoxy) is 1. The van der Waals surface area contributed by atoms with Crippen molar-refractivity contribution in [1.29, 1.82) is 0 Å². The maximum Gasteiger partial charge on any atom is 0.343 e. The normalized spacial score (nSPS) is 12.6. The highest BCUT2D eigenvalue weighted by molar-refractivity contribution is 6.32. The molecule has 16 heavy (non-hydrogen) atoms. The van der Waals surface area contributed by atoms with Gasteiger partial charge in [0.1, 0.15) is 5.75 Å². The predicted molar refractivity (Wildman–Crippen MR) is 58.7 cm³/mol. The summed E-state index contributed by atoms with van der Waals surface area (Å²) in [7, 11) is 0. The van der Waals surface area contributed by atoms with Gasteiger partial charge in [-0.2, -0.15) is 0 Å². The van der Waals surface area contributed by atoms with E-state index >= 15 is 0 Å². The second-order valence-corrected chi connectivity index (χ2v) is 3.96. The minimum absolute atomic E-state index is 0.00797. The molecule has 1 aromatic rings. The van der Waals surface area contributed by atoms with Gasteiger partial charge in [-0.15, -0.1) is 0 Å². The van der Waals surface area contributed by atoms with Gasteiger partial charge in [0.05, 0.1) is 11.1 Å². The van der Waals surface area contributed by atoms with Crippen LogP contribution in [0.25, 0.3) is 0 Å². The Morgan fingerprint density at radius 2 is 2.12 bits per heavy atom. The number of hydrogen-bond donors (Lipinski definition) is 1. The van der Waals surface area contributed by atoms with E-state index in [9.17, 15) is 9.18 Å². The average molecular weight is 247 g/mol. The number of rotatable bonds is 4. The van der Waals surface area contributed by atoms with Crippen LogP contribution in [0.1, 0.15) is 25.6 Å². The van der Waals surface area contributed by atoms with Crippen LogP contribution in [-0.4, -0.2) is 17.2 Å². The Bertz CT molecular complexity index is 393. The van der Waals surface area contributed by atoms with Gasteiger partial charge in [0, 0.05) is 0 Å². The molecule has 0 heterocycles. The molecule has 3 nitrogen and oxygen atoms in total. The molecule has 0 aromatic heterocycles. The Hall–Kier alpha value is -1.29. The van der Waals surface area contributed by atoms with Crippen LogP contribution in [0.2, 0.25) is 5.02 Å². The van der Waals surface area contributed by atoms with Crippen molar-refractivity contribution in [1.82, 2.24) is 0 Å². The summed E-state index contributed by atoms with van der Waals surface area (Å²) in [6.07, 6.45) is -2.12. The monoisotopic (exact) mass is 246 g/mol. The number of aliphatic carboxylic acids is 1. The molecule has 5 heteroatoms. The first-order chi connectivity index (χ1) is 7.41. The number of benzene rings is 1. The van der Waals surface area contributed by atoms with E-state index in [-0.39, 0.29) is 16.7 Å². The fraction of sp³-hybridized carbons (Fsp3) is 0.364. The number of carboxylic acid groups (broad SMARTS) is 1. The second-order valence-electron chi connectivity index (χ2n) is 3.56. The van der Waals surface area contributed by atoms with Crippen LogP contribution < -0.4 is 4.74 Å². The first-order valence-electron chi connectivity index (χ1n) is 4.74. The van der Waals surface area contributed by atoms with E-state index in [1.165, 1.54) is 18.2 Å². The minimum Gasteiger partial charge on any atom is -0.489 e. The van der Waals surface area contributed by atoms with Gasteiger partial charge in [0.25, 0.3) is 0 Å². The molecule has 1 unspecified atom stereocenters. The van der Waals surface area contributed by atoms with Gasteiger partial charge < -0.3 is 9.84 Å². The van der Waals surface area contributed by atoms with Crippen LogP contribution in [0, 0.1) is 0 Å². The van der Waals surface area contributed by atoms with E-state index < -0.39 is 12.1 Å². The Morgan fingerprint density at radius 3 is 2.56 bits per heavy atom. The van der Waals surface area contributed by atoms with Crippen LogP contribution in [0.4, 0.5) is 4.39 Å². The van der Waals surface area contributed by atoms with Crippen LogP contribution in [0.5, 0.6) is 5.75 Å². The molecule has 0 aliphatic rings. The van der Waals surface area contributed by atoms with Gasteiger partial charge in [-0.25, -0.2) is 9.18 Å². The van der Waals surface area contributed by atoms with Crippen molar-refractivity contribution in [3.05, 3.63) is 28.8 Å². The second kappa shape index (κ2) is 5.16. The molecule has 1 aromatic carbocycles. The molecule has 0 aliphatic heterocycles. The summed E-state index contributed by atoms with van der Waals surface area (Å²) in [5, 5.41) is 8.70. The van der Waals surface area contributed by atoms with Gasteiger partial charge in [0.15, 0.2) is 0 Å². The first-order valence-corrected chi connectivity index (χ1v) is 5.12. The SMILES string of the molecule is CC(C)Oc1ccc(C(F)C(=O)O)cc1Cl. The van der Waals surface area contributed by atoms with Crippen molar-refractivity contribution >= 4 is 17.6 Å². The number of halogens is 2. The van der Waals surface area contributed by atoms with Crippen LogP contribution in [-0.2, 0) is 4.79 Å². The third-order valence-electron chi connectivity index (χ3n) is 1.83. The van der Waals surface area contributed by atoms with E-state index in [4.69, 9.17) is 21.4 Å². The lowest BCUT2D eigenvalue weighted by Crippen LogP contribution is -2.08. The van der Waals surface area contributed by atoms with Gasteiger partial charge in [0.2, 0.25) is 6.17 Å². The van der Waals surface area contributed by atoms with Gasteiger partial charge in [-0.3, -0.25) is 0 Å². The molecule has 0 saturated carbocycles. The Balaban J connectivity index is 2.95. The fourth-order valence-electron chi connectivity index (χ4n) is 1.17. The molecule has 0 radical (unpaired) electrons. The summed E-state index contributed by atoms with van der Waals surface area (Å²) in [5.41, 5.74) is 0.00797. The number of carbonyl (C=O) groups is 1. The van der Waals surface area contributed by atoms with Crippen LogP contribution in [0.3, 0.4) is 0 Å². The zero-order valence-corrected chi connectivity index (χ0v) is 9.66. The molecular formula is C11H12ClFO3. The molecule has 0 fully saturated rings. The summed E-state index contributed by atoms with van der Waals surface area (Å²) >= 11 is 5.84. The Morgan fingerprint density at radius 1 is 1.50 bits per heavy atom. The van der Waals surface area contributed by atoms with Crippen molar-refractivity contribution in [2.24, 2.45) is 0 Å². The predicted octanol–water partition coefficient (Wildman–Crippen LogP) is 3.22. The van der Waals surface area contributed by atoms with Crippen molar-refractivity contribution in [3.8, 4) is 5.75 Å². The third kappa shape index (κ3) is 3.10. The topological polar surface area (TPSA) is 46.5 Å². The summed E-state index contributed by atoms with van der Waals surface area (Å²) in [4.78, 5) is 10.4. The lowest BCUT2D eigenvalue weighted by molar-refractivity contribution is -0.143. The Labute approximate surface area is 97.8 Å². The number of hydrogen-bond acceptors (Lipinski definition) is 2. The highest BCUT2D eigenvalue weighted by Crippen LogP contribution is 2.29. The molecule has 0 amide bonds. The maximum absolute atomic E-state index is 13.1. The van der Waals surface area contributed by atoms with E-state index in [2.05, 4.69) is 0 Å². The smallest absolute Gasteiger partial charge is 0.343 e. The van der Waals surface area contributed by atoms with Crippen molar-refractivity contribution in [2.75, 3.05) is 0 Å². The summed E-state index contributed by atoms with van der Waals surface area (Å²) < 4.78 is 18.5. The average Bonchev–Trinajstić information content (AvgIpc) is 2.19. The van der Waals surface area contributed by atoms with E-state index in [1.54, 1.807) is 0 Å². The summed E-state index contributed by atoms with van der Waals surface area (Å²) in [5.74, 6) is -1.12. The highest BCUT2D eigenvalue weighted by Gasteiger charge is 2.19. The first kappa shape index (κ1) is 12.8. The quantitative estimate of drug-likeness (QED) is 0.887. The molecule has 0 bridgehead atoms. The fourth-order valence-corrected chi connectivity index (χ4v) is 1.40. The summed E-state index contributed by atoms with van der Waals surface area (Å²) in [6.45, 7) is 3.67. The highest BCUT2D eigenvalue weighted by atomic mass is 35.5. The van der Waals surface area contributed by atoms with Crippen molar-refractivity contribution < 1.29 is 19.0 Å². The maximum atomic E-state index is 13.1. The molecule has 0 saturated heterocycles. The number of alkyl halides is 1. The standard InChI is InChI=1S/C11H12ClFO3/c1-6(2)16-9-4-3-7(5-8(9)12)10(13)11(14)15/h3-6,10H,1-2H3,(H,14,15). The van der Waals surface area contributed by atoms with E-state index in [1.807, 2.05) is 13.8 Å². The molecular weight excluding hydrogens is 235 g/mol.